The van der Waals surface area contributed by atoms with Crippen molar-refractivity contribution in [3.63, 3.8) is 0 Å². The number of rotatable bonds is 5. The van der Waals surface area contributed by atoms with Crippen molar-refractivity contribution < 1.29 is 19.8 Å². The van der Waals surface area contributed by atoms with Crippen LogP contribution in [0.5, 0.6) is 0 Å². The van der Waals surface area contributed by atoms with Crippen LogP contribution in [0, 0.1) is 0 Å². The molecule has 4 N–H and O–H groups in total. The van der Waals surface area contributed by atoms with E-state index in [0.29, 0.717) is 12.2 Å². The maximum Gasteiger partial charge on any atom is 0.328 e. The predicted molar refractivity (Wildman–Crippen MR) is 57.5 cm³/mol. The fraction of sp³-hybridized carbons (Fsp3) is 0.400. The first kappa shape index (κ1) is 15.8. The van der Waals surface area contributed by atoms with Crippen LogP contribution >= 0.6 is 0 Å². The minimum atomic E-state index is -1.26. The number of hydrogen-bond acceptors (Lipinski definition) is 3. The second kappa shape index (κ2) is 10.5. The zero-order valence-corrected chi connectivity index (χ0v) is 8.72. The molecule has 0 heterocycles. The van der Waals surface area contributed by atoms with Gasteiger partial charge in [-0.05, 0) is 6.42 Å². The first-order chi connectivity index (χ1) is 6.93. The van der Waals surface area contributed by atoms with E-state index in [1.54, 1.807) is 6.08 Å². The summed E-state index contributed by atoms with van der Waals surface area (Å²) in [6.07, 6.45) is 5.10. The van der Waals surface area contributed by atoms with Gasteiger partial charge in [0.2, 0.25) is 0 Å². The lowest BCUT2D eigenvalue weighted by Gasteiger charge is -1.99. The van der Waals surface area contributed by atoms with Crippen LogP contribution < -0.4 is 5.73 Å². The maximum absolute atomic E-state index is 9.55. The molecule has 0 aliphatic carbocycles. The Hall–Kier alpha value is -1.62. The largest absolute Gasteiger partial charge is 0.478 e. The van der Waals surface area contributed by atoms with Crippen molar-refractivity contribution in [2.24, 2.45) is 5.73 Å². The van der Waals surface area contributed by atoms with Crippen LogP contribution in [0.1, 0.15) is 19.8 Å². The Labute approximate surface area is 88.9 Å². The Morgan fingerprint density at radius 1 is 1.33 bits per heavy atom. The van der Waals surface area contributed by atoms with Crippen LogP contribution in [-0.4, -0.2) is 28.2 Å². The molecule has 0 unspecified atom stereocenters. The minimum Gasteiger partial charge on any atom is -0.478 e. The lowest BCUT2D eigenvalue weighted by molar-refractivity contribution is -0.134. The van der Waals surface area contributed by atoms with Crippen molar-refractivity contribution in [3.8, 4) is 0 Å². The average molecular weight is 215 g/mol. The summed E-state index contributed by atoms with van der Waals surface area (Å²) in [6, 6.07) is 0.213. The smallest absolute Gasteiger partial charge is 0.328 e. The molecule has 0 aromatic rings. The van der Waals surface area contributed by atoms with E-state index in [9.17, 15) is 9.59 Å². The molecular formula is C10H17NO4. The summed E-state index contributed by atoms with van der Waals surface area (Å²) < 4.78 is 0. The summed E-state index contributed by atoms with van der Waals surface area (Å²) >= 11 is 0. The van der Waals surface area contributed by atoms with E-state index in [2.05, 4.69) is 13.5 Å². The highest BCUT2D eigenvalue weighted by molar-refractivity contribution is 5.89. The quantitative estimate of drug-likeness (QED) is 0.469. The Morgan fingerprint density at radius 2 is 1.73 bits per heavy atom. The highest BCUT2D eigenvalue weighted by atomic mass is 16.4. The zero-order chi connectivity index (χ0) is 12.3. The normalized spacial score (nSPS) is 11.3. The Bertz CT molecular complexity index is 220. The molecule has 0 rings (SSSR count). The molecule has 0 spiro atoms. The fourth-order valence-electron chi connectivity index (χ4n) is 0.594. The lowest BCUT2D eigenvalue weighted by atomic mass is 10.2. The van der Waals surface area contributed by atoms with Gasteiger partial charge in [0.15, 0.2) is 0 Å². The number of nitrogens with two attached hydrogens (primary N) is 1. The maximum atomic E-state index is 9.55. The van der Waals surface area contributed by atoms with Crippen molar-refractivity contribution in [2.45, 2.75) is 25.8 Å². The molecule has 1 atom stereocenters. The third kappa shape index (κ3) is 19.0. The second-order valence-corrected chi connectivity index (χ2v) is 2.70. The van der Waals surface area contributed by atoms with Crippen molar-refractivity contribution in [2.75, 3.05) is 0 Å². The van der Waals surface area contributed by atoms with Crippen LogP contribution in [0.2, 0.25) is 0 Å². The Kier molecular flexibility index (Phi) is 11.0. The third-order valence-electron chi connectivity index (χ3n) is 1.29. The first-order valence-corrected chi connectivity index (χ1v) is 4.46. The lowest BCUT2D eigenvalue weighted by Crippen LogP contribution is -2.14. The summed E-state index contributed by atoms with van der Waals surface area (Å²) in [7, 11) is 0. The predicted octanol–water partition coefficient (Wildman–Crippen LogP) is 1.01. The standard InChI is InChI=1S/C6H13N.C4H4O4/c1-3-5-6(7)4-2;5-3(6)1-2-4(7)8/h4,6H,2-3,5,7H2,1H3;1-2H,(H,5,6)(H,7,8)/b;2-1-/t6-;/m1./s1. The number of aliphatic carboxylic acids is 2. The van der Waals surface area contributed by atoms with E-state index >= 15 is 0 Å². The molecule has 0 aliphatic heterocycles. The van der Waals surface area contributed by atoms with Gasteiger partial charge in [-0.15, -0.1) is 6.58 Å². The molecule has 0 aromatic carbocycles. The van der Waals surface area contributed by atoms with Gasteiger partial charge in [0.1, 0.15) is 0 Å². The SMILES string of the molecule is C=C[C@@H](N)CCC.O=C(O)/C=C\C(=O)O. The van der Waals surface area contributed by atoms with Gasteiger partial charge in [-0.1, -0.05) is 19.4 Å². The van der Waals surface area contributed by atoms with Crippen molar-refractivity contribution in [3.05, 3.63) is 24.8 Å². The topological polar surface area (TPSA) is 101 Å². The van der Waals surface area contributed by atoms with Gasteiger partial charge in [0, 0.05) is 18.2 Å². The van der Waals surface area contributed by atoms with Gasteiger partial charge in [0.05, 0.1) is 0 Å². The minimum absolute atomic E-state index is 0.213. The van der Waals surface area contributed by atoms with Crippen LogP contribution in [0.4, 0.5) is 0 Å². The number of carboxylic acids is 2. The third-order valence-corrected chi connectivity index (χ3v) is 1.29. The number of hydrogen-bond donors (Lipinski definition) is 3. The number of carboxylic acid groups (broad SMARTS) is 2. The summed E-state index contributed by atoms with van der Waals surface area (Å²) in [4.78, 5) is 19.1. The molecular weight excluding hydrogens is 198 g/mol. The van der Waals surface area contributed by atoms with Gasteiger partial charge in [-0.25, -0.2) is 9.59 Å². The van der Waals surface area contributed by atoms with Crippen molar-refractivity contribution in [1.29, 1.82) is 0 Å². The van der Waals surface area contributed by atoms with Gasteiger partial charge in [-0.2, -0.15) is 0 Å². The van der Waals surface area contributed by atoms with E-state index in [1.807, 2.05) is 0 Å². The van der Waals surface area contributed by atoms with E-state index in [1.165, 1.54) is 0 Å². The van der Waals surface area contributed by atoms with Crippen LogP contribution in [-0.2, 0) is 9.59 Å². The number of carbonyl (C=O) groups is 2. The second-order valence-electron chi connectivity index (χ2n) is 2.70. The first-order valence-electron chi connectivity index (χ1n) is 4.46. The van der Waals surface area contributed by atoms with Gasteiger partial charge in [0.25, 0.3) is 0 Å². The van der Waals surface area contributed by atoms with E-state index < -0.39 is 11.9 Å². The van der Waals surface area contributed by atoms with Gasteiger partial charge in [-0.3, -0.25) is 0 Å². The van der Waals surface area contributed by atoms with Crippen LogP contribution in [0.15, 0.2) is 24.8 Å². The van der Waals surface area contributed by atoms with E-state index in [4.69, 9.17) is 15.9 Å². The van der Waals surface area contributed by atoms with Crippen LogP contribution in [0.3, 0.4) is 0 Å². The Morgan fingerprint density at radius 3 is 1.87 bits per heavy atom. The van der Waals surface area contributed by atoms with E-state index in [-0.39, 0.29) is 6.04 Å². The molecule has 0 saturated heterocycles. The molecule has 86 valence electrons. The molecule has 0 amide bonds. The summed E-state index contributed by atoms with van der Waals surface area (Å²) in [5, 5.41) is 15.6. The molecule has 0 fully saturated rings. The molecule has 5 heteroatoms. The highest BCUT2D eigenvalue weighted by Gasteiger charge is 1.89. The summed E-state index contributed by atoms with van der Waals surface area (Å²) in [5.41, 5.74) is 5.47. The molecule has 0 aromatic heterocycles. The van der Waals surface area contributed by atoms with Gasteiger partial charge >= 0.3 is 11.9 Å². The van der Waals surface area contributed by atoms with Crippen LogP contribution in [0.25, 0.3) is 0 Å². The average Bonchev–Trinajstić information content (AvgIpc) is 2.16. The highest BCUT2D eigenvalue weighted by Crippen LogP contribution is 1.91. The fourth-order valence-corrected chi connectivity index (χ4v) is 0.594. The molecule has 0 aliphatic rings. The van der Waals surface area contributed by atoms with E-state index in [0.717, 1.165) is 12.8 Å². The molecule has 0 bridgehead atoms. The molecule has 0 radical (unpaired) electrons. The molecule has 5 nitrogen and oxygen atoms in total. The zero-order valence-electron chi connectivity index (χ0n) is 8.72. The van der Waals surface area contributed by atoms with Crippen molar-refractivity contribution in [1.82, 2.24) is 0 Å². The monoisotopic (exact) mass is 215 g/mol. The molecule has 15 heavy (non-hydrogen) atoms. The van der Waals surface area contributed by atoms with Gasteiger partial charge < -0.3 is 15.9 Å². The van der Waals surface area contributed by atoms with Crippen molar-refractivity contribution >= 4 is 11.9 Å². The molecule has 0 saturated carbocycles. The summed E-state index contributed by atoms with van der Waals surface area (Å²) in [6.45, 7) is 5.67. The Balaban J connectivity index is 0. The summed E-state index contributed by atoms with van der Waals surface area (Å²) in [5.74, 6) is -2.51.